The minimum Gasteiger partial charge on any atom is -0.398 e. The minimum atomic E-state index is -1.09. The largest absolute Gasteiger partial charge is 0.398 e. The minimum absolute atomic E-state index is 0.505. The monoisotopic (exact) mass is 329 g/mol. The number of benzene rings is 1. The van der Waals surface area contributed by atoms with Gasteiger partial charge in [0.2, 0.25) is 0 Å². The van der Waals surface area contributed by atoms with Crippen molar-refractivity contribution in [3.05, 3.63) is 44.6 Å². The van der Waals surface area contributed by atoms with Crippen molar-refractivity contribution >= 4 is 43.8 Å². The summed E-state index contributed by atoms with van der Waals surface area (Å²) in [6.45, 7) is 1.97. The molecule has 2 nitrogen and oxygen atoms in total. The van der Waals surface area contributed by atoms with Gasteiger partial charge in [0.15, 0.2) is 0 Å². The van der Waals surface area contributed by atoms with Crippen molar-refractivity contribution in [3.63, 3.8) is 0 Å². The van der Waals surface area contributed by atoms with E-state index in [1.807, 2.05) is 36.6 Å². The summed E-state index contributed by atoms with van der Waals surface area (Å²) in [4.78, 5) is 1.80. The van der Waals surface area contributed by atoms with Crippen LogP contribution in [0.4, 0.5) is 5.69 Å². The third-order valence-corrected chi connectivity index (χ3v) is 5.89. The lowest BCUT2D eigenvalue weighted by Crippen LogP contribution is -2.00. The van der Waals surface area contributed by atoms with Gasteiger partial charge < -0.3 is 5.73 Å². The Bertz CT molecular complexity index is 565. The summed E-state index contributed by atoms with van der Waals surface area (Å²) in [7, 11) is -1.09. The van der Waals surface area contributed by atoms with Gasteiger partial charge in [-0.05, 0) is 52.0 Å². The average molecular weight is 330 g/mol. The number of thiophene rings is 1. The van der Waals surface area contributed by atoms with E-state index >= 15 is 0 Å². The molecule has 1 aromatic heterocycles. The molecule has 0 bridgehead atoms. The average Bonchev–Trinajstić information content (AvgIpc) is 2.64. The summed E-state index contributed by atoms with van der Waals surface area (Å²) in [6, 6.07) is 7.61. The molecule has 2 N–H and O–H groups in total. The second kappa shape index (κ2) is 5.33. The molecule has 0 saturated heterocycles. The fourth-order valence-corrected chi connectivity index (χ4v) is 4.65. The van der Waals surface area contributed by atoms with Crippen LogP contribution < -0.4 is 5.73 Å². The van der Waals surface area contributed by atoms with Gasteiger partial charge in [0.25, 0.3) is 0 Å². The molecule has 0 aliphatic rings. The molecule has 0 fully saturated rings. The Balaban J connectivity index is 2.23. The summed E-state index contributed by atoms with van der Waals surface area (Å²) in [5, 5.41) is 1.98. The normalized spacial score (nSPS) is 12.6. The molecule has 1 unspecified atom stereocenters. The number of halogens is 1. The zero-order chi connectivity index (χ0) is 12.4. The van der Waals surface area contributed by atoms with Gasteiger partial charge >= 0.3 is 0 Å². The number of hydrogen-bond donors (Lipinski definition) is 1. The van der Waals surface area contributed by atoms with Crippen molar-refractivity contribution in [2.75, 3.05) is 5.73 Å². The van der Waals surface area contributed by atoms with Crippen LogP contribution in [0.1, 0.15) is 10.4 Å². The number of nitrogens with two attached hydrogens (primary N) is 1. The van der Waals surface area contributed by atoms with Gasteiger partial charge in [0.05, 0.1) is 21.4 Å². The molecule has 90 valence electrons. The second-order valence-electron chi connectivity index (χ2n) is 3.72. The van der Waals surface area contributed by atoms with Crippen LogP contribution in [0.15, 0.2) is 39.0 Å². The molecule has 0 saturated carbocycles. The van der Waals surface area contributed by atoms with Crippen LogP contribution in [0.25, 0.3) is 0 Å². The molecule has 1 atom stereocenters. The molecule has 17 heavy (non-hydrogen) atoms. The van der Waals surface area contributed by atoms with E-state index in [1.165, 1.54) is 0 Å². The Labute approximate surface area is 115 Å². The summed E-state index contributed by atoms with van der Waals surface area (Å²) in [6.07, 6.45) is 0. The molecule has 0 spiro atoms. The van der Waals surface area contributed by atoms with E-state index < -0.39 is 10.8 Å². The Kier molecular flexibility index (Phi) is 4.01. The smallest absolute Gasteiger partial charge is 0.0638 e. The molecule has 0 amide bonds. The standard InChI is InChI=1S/C12H12BrNOS2/c1-8-2-3-12(10(14)6-8)17(15)7-11-9(13)4-5-16-11/h2-6H,7,14H2,1H3. The van der Waals surface area contributed by atoms with Crippen LogP contribution in [-0.4, -0.2) is 4.21 Å². The van der Waals surface area contributed by atoms with E-state index in [4.69, 9.17) is 5.73 Å². The number of aryl methyl sites for hydroxylation is 1. The first-order valence-corrected chi connectivity index (χ1v) is 8.03. The van der Waals surface area contributed by atoms with Gasteiger partial charge in [-0.1, -0.05) is 6.07 Å². The van der Waals surface area contributed by atoms with Crippen LogP contribution in [0.5, 0.6) is 0 Å². The highest BCUT2D eigenvalue weighted by Gasteiger charge is 2.11. The molecule has 1 heterocycles. The summed E-state index contributed by atoms with van der Waals surface area (Å²) >= 11 is 5.04. The first kappa shape index (κ1) is 12.8. The third kappa shape index (κ3) is 2.97. The molecule has 0 radical (unpaired) electrons. The maximum atomic E-state index is 12.2. The zero-order valence-corrected chi connectivity index (χ0v) is 12.5. The van der Waals surface area contributed by atoms with Crippen molar-refractivity contribution in [1.82, 2.24) is 0 Å². The van der Waals surface area contributed by atoms with Crippen LogP contribution in [-0.2, 0) is 16.6 Å². The van der Waals surface area contributed by atoms with E-state index in [1.54, 1.807) is 11.3 Å². The first-order chi connectivity index (χ1) is 8.08. The molecule has 5 heteroatoms. The number of anilines is 1. The van der Waals surface area contributed by atoms with Crippen LogP contribution >= 0.6 is 27.3 Å². The number of nitrogen functional groups attached to an aromatic ring is 1. The van der Waals surface area contributed by atoms with Gasteiger partial charge in [-0.15, -0.1) is 11.3 Å². The van der Waals surface area contributed by atoms with Crippen molar-refractivity contribution < 1.29 is 4.21 Å². The maximum absolute atomic E-state index is 12.2. The number of rotatable bonds is 3. The second-order valence-corrected chi connectivity index (χ2v) is 7.00. The van der Waals surface area contributed by atoms with Crippen LogP contribution in [0.2, 0.25) is 0 Å². The van der Waals surface area contributed by atoms with E-state index in [0.29, 0.717) is 11.4 Å². The van der Waals surface area contributed by atoms with Crippen molar-refractivity contribution in [2.24, 2.45) is 0 Å². The topological polar surface area (TPSA) is 43.1 Å². The lowest BCUT2D eigenvalue weighted by atomic mass is 10.2. The highest BCUT2D eigenvalue weighted by Crippen LogP contribution is 2.27. The van der Waals surface area contributed by atoms with Crippen molar-refractivity contribution in [1.29, 1.82) is 0 Å². The van der Waals surface area contributed by atoms with Gasteiger partial charge in [0, 0.05) is 15.0 Å². The maximum Gasteiger partial charge on any atom is 0.0638 e. The van der Waals surface area contributed by atoms with Gasteiger partial charge in [-0.2, -0.15) is 0 Å². The fourth-order valence-electron chi connectivity index (χ4n) is 1.50. The summed E-state index contributed by atoms with van der Waals surface area (Å²) in [5.41, 5.74) is 7.58. The molecule has 0 aliphatic carbocycles. The lowest BCUT2D eigenvalue weighted by molar-refractivity contribution is 0.683. The Morgan fingerprint density at radius 2 is 2.18 bits per heavy atom. The zero-order valence-electron chi connectivity index (χ0n) is 9.27. The van der Waals surface area contributed by atoms with Gasteiger partial charge in [-0.3, -0.25) is 4.21 Å². The highest BCUT2D eigenvalue weighted by atomic mass is 79.9. The molecule has 1 aromatic carbocycles. The van der Waals surface area contributed by atoms with Gasteiger partial charge in [-0.25, -0.2) is 0 Å². The highest BCUT2D eigenvalue weighted by molar-refractivity contribution is 9.10. The predicted molar refractivity (Wildman–Crippen MR) is 77.7 cm³/mol. The SMILES string of the molecule is Cc1ccc(S(=O)Cc2sccc2Br)c(N)c1. The van der Waals surface area contributed by atoms with Crippen LogP contribution in [0, 0.1) is 6.92 Å². The van der Waals surface area contributed by atoms with E-state index in [9.17, 15) is 4.21 Å². The lowest BCUT2D eigenvalue weighted by Gasteiger charge is -2.06. The quantitative estimate of drug-likeness (QED) is 0.872. The molecular formula is C12H12BrNOS2. The molecule has 2 rings (SSSR count). The predicted octanol–water partition coefficient (Wildman–Crippen LogP) is 3.71. The first-order valence-electron chi connectivity index (χ1n) is 5.04. The van der Waals surface area contributed by atoms with E-state index in [0.717, 1.165) is 19.8 Å². The van der Waals surface area contributed by atoms with Crippen LogP contribution in [0.3, 0.4) is 0 Å². The van der Waals surface area contributed by atoms with E-state index in [-0.39, 0.29) is 0 Å². The molecule has 0 aliphatic heterocycles. The molecular weight excluding hydrogens is 318 g/mol. The van der Waals surface area contributed by atoms with Crippen molar-refractivity contribution in [2.45, 2.75) is 17.6 Å². The number of hydrogen-bond acceptors (Lipinski definition) is 3. The van der Waals surface area contributed by atoms with Crippen molar-refractivity contribution in [3.8, 4) is 0 Å². The Morgan fingerprint density at radius 1 is 1.41 bits per heavy atom. The third-order valence-electron chi connectivity index (χ3n) is 2.36. The summed E-state index contributed by atoms with van der Waals surface area (Å²) < 4.78 is 13.2. The van der Waals surface area contributed by atoms with Gasteiger partial charge in [0.1, 0.15) is 0 Å². The summed E-state index contributed by atoms with van der Waals surface area (Å²) in [5.74, 6) is 0.505. The van der Waals surface area contributed by atoms with E-state index in [2.05, 4.69) is 15.9 Å². The Morgan fingerprint density at radius 3 is 2.76 bits per heavy atom. The Hall–Kier alpha value is -0.650. The fraction of sp³-hybridized carbons (Fsp3) is 0.167. The molecule has 2 aromatic rings.